The zero-order valence-electron chi connectivity index (χ0n) is 10.9. The molecule has 1 aliphatic heterocycles. The van der Waals surface area contributed by atoms with E-state index in [2.05, 4.69) is 10.6 Å². The maximum Gasteiger partial charge on any atom is 0.287 e. The summed E-state index contributed by atoms with van der Waals surface area (Å²) < 4.78 is 1.77. The minimum atomic E-state index is -0.439. The van der Waals surface area contributed by atoms with Gasteiger partial charge in [-0.25, -0.2) is 0 Å². The Hall–Kier alpha value is -1.89. The van der Waals surface area contributed by atoms with Crippen LogP contribution in [0.2, 0.25) is 0 Å². The van der Waals surface area contributed by atoms with Gasteiger partial charge < -0.3 is 15.2 Å². The van der Waals surface area contributed by atoms with Gasteiger partial charge in [-0.3, -0.25) is 14.9 Å². The monoisotopic (exact) mass is 276 g/mol. The number of rotatable bonds is 4. The lowest BCUT2D eigenvalue weighted by Gasteiger charge is -2.09. The highest BCUT2D eigenvalue weighted by atomic mass is 16.6. The number of amides is 1. The van der Waals surface area contributed by atoms with Gasteiger partial charge in [0.15, 0.2) is 0 Å². The molecule has 1 aromatic rings. The van der Waals surface area contributed by atoms with Gasteiger partial charge in [-0.15, -0.1) is 0 Å². The summed E-state index contributed by atoms with van der Waals surface area (Å²) in [6.07, 6.45) is 3.47. The number of carbonyl (C=O) groups is 1. The highest BCUT2D eigenvalue weighted by molar-refractivity contribution is 5.94. The van der Waals surface area contributed by atoms with Gasteiger partial charge >= 0.3 is 0 Å². The first-order valence-corrected chi connectivity index (χ1v) is 7.03. The quantitative estimate of drug-likeness (QED) is 0.625. The maximum atomic E-state index is 12.3. The minimum Gasteiger partial charge on any atom is -0.347 e. The third-order valence-electron chi connectivity index (χ3n) is 4.61. The number of nitrogens with zero attached hydrogens (tertiary/aromatic N) is 2. The summed E-state index contributed by atoms with van der Waals surface area (Å²) in [7, 11) is 0. The van der Waals surface area contributed by atoms with Crippen molar-refractivity contribution in [2.24, 2.45) is 11.8 Å². The van der Waals surface area contributed by atoms with Gasteiger partial charge in [0.25, 0.3) is 11.6 Å². The largest absolute Gasteiger partial charge is 0.347 e. The second kappa shape index (κ2) is 4.05. The molecule has 3 fully saturated rings. The van der Waals surface area contributed by atoms with Gasteiger partial charge in [0, 0.05) is 31.2 Å². The van der Waals surface area contributed by atoms with Crippen molar-refractivity contribution in [3.05, 3.63) is 28.1 Å². The van der Waals surface area contributed by atoms with Crippen LogP contribution in [0.4, 0.5) is 5.69 Å². The Kier molecular flexibility index (Phi) is 2.41. The molecule has 4 rings (SSSR count). The van der Waals surface area contributed by atoms with Crippen LogP contribution in [0.15, 0.2) is 12.3 Å². The maximum absolute atomic E-state index is 12.3. The third kappa shape index (κ3) is 1.81. The average Bonchev–Trinajstić information content (AvgIpc) is 3.25. The van der Waals surface area contributed by atoms with Crippen LogP contribution < -0.4 is 10.6 Å². The predicted molar refractivity (Wildman–Crippen MR) is 70.5 cm³/mol. The molecule has 2 unspecified atom stereocenters. The molecule has 0 radical (unpaired) electrons. The number of nitrogens with one attached hydrogen (secondary N) is 2. The molecule has 2 N–H and O–H groups in total. The summed E-state index contributed by atoms with van der Waals surface area (Å²) in [6.45, 7) is 1.92. The Morgan fingerprint density at radius 3 is 2.70 bits per heavy atom. The van der Waals surface area contributed by atoms with Gasteiger partial charge in [-0.2, -0.15) is 0 Å². The van der Waals surface area contributed by atoms with E-state index in [9.17, 15) is 14.9 Å². The predicted octanol–water partition coefficient (Wildman–Crippen LogP) is 0.679. The molecular formula is C13H16N4O3. The van der Waals surface area contributed by atoms with E-state index in [0.717, 1.165) is 25.9 Å². The molecule has 7 nitrogen and oxygen atoms in total. The van der Waals surface area contributed by atoms with Crippen molar-refractivity contribution >= 4 is 11.6 Å². The zero-order chi connectivity index (χ0) is 13.9. The smallest absolute Gasteiger partial charge is 0.287 e. The highest BCUT2D eigenvalue weighted by Crippen LogP contribution is 2.42. The lowest BCUT2D eigenvalue weighted by Crippen LogP contribution is -2.33. The van der Waals surface area contributed by atoms with E-state index in [1.165, 1.54) is 12.3 Å². The second-order valence-corrected chi connectivity index (χ2v) is 5.96. The molecule has 0 spiro atoms. The molecule has 1 amide bonds. The Morgan fingerprint density at radius 1 is 1.40 bits per heavy atom. The van der Waals surface area contributed by atoms with Crippen molar-refractivity contribution in [3.63, 3.8) is 0 Å². The molecule has 3 aliphatic rings. The summed E-state index contributed by atoms with van der Waals surface area (Å²) in [5, 5.41) is 17.2. The van der Waals surface area contributed by atoms with Gasteiger partial charge in [-0.05, 0) is 24.7 Å². The Labute approximate surface area is 115 Å². The van der Waals surface area contributed by atoms with Crippen molar-refractivity contribution < 1.29 is 9.72 Å². The van der Waals surface area contributed by atoms with Crippen LogP contribution in [0.5, 0.6) is 0 Å². The molecule has 1 aromatic heterocycles. The van der Waals surface area contributed by atoms with E-state index in [0.29, 0.717) is 17.5 Å². The summed E-state index contributed by atoms with van der Waals surface area (Å²) in [5.74, 6) is 0.904. The molecule has 2 atom stereocenters. The summed E-state index contributed by atoms with van der Waals surface area (Å²) in [5.41, 5.74) is 0.428. The normalized spacial score (nSPS) is 30.9. The summed E-state index contributed by atoms with van der Waals surface area (Å²) in [6, 6.07) is 1.89. The van der Waals surface area contributed by atoms with Crippen LogP contribution in [0, 0.1) is 22.0 Å². The SMILES string of the molecule is O=C(NC1C2CNCC21)c1cc([N+](=O)[O-])cn1C1CC1. The number of carbonyl (C=O) groups excluding carboxylic acids is 1. The van der Waals surface area contributed by atoms with Gasteiger partial charge in [0.2, 0.25) is 0 Å². The first-order chi connectivity index (χ1) is 9.65. The van der Waals surface area contributed by atoms with E-state index < -0.39 is 4.92 Å². The van der Waals surface area contributed by atoms with Crippen LogP contribution in [0.25, 0.3) is 0 Å². The molecule has 1 saturated heterocycles. The molecule has 0 bridgehead atoms. The van der Waals surface area contributed by atoms with Crippen LogP contribution in [0.3, 0.4) is 0 Å². The third-order valence-corrected chi connectivity index (χ3v) is 4.61. The number of piperidine rings is 1. The number of aromatic nitrogens is 1. The molecule has 20 heavy (non-hydrogen) atoms. The molecule has 0 aromatic carbocycles. The standard InChI is InChI=1S/C13H16N4O3/c18-13(15-12-9-4-14-5-10(9)12)11-3-8(17(19)20)6-16(11)7-1-2-7/h3,6-7,9-10,12,14H,1-2,4-5H2,(H,15,18). The van der Waals surface area contributed by atoms with Crippen molar-refractivity contribution in [1.82, 2.24) is 15.2 Å². The molecule has 106 valence electrons. The highest BCUT2D eigenvalue weighted by Gasteiger charge is 2.53. The van der Waals surface area contributed by atoms with E-state index in [-0.39, 0.29) is 23.7 Å². The summed E-state index contributed by atoms with van der Waals surface area (Å²) in [4.78, 5) is 22.8. The van der Waals surface area contributed by atoms with E-state index in [1.54, 1.807) is 4.57 Å². The fourth-order valence-corrected chi connectivity index (χ4v) is 3.26. The number of hydrogen-bond donors (Lipinski definition) is 2. The van der Waals surface area contributed by atoms with Crippen LogP contribution in [-0.4, -0.2) is 34.5 Å². The first kappa shape index (κ1) is 11.9. The van der Waals surface area contributed by atoms with Crippen molar-refractivity contribution in [2.45, 2.75) is 24.9 Å². The number of hydrogen-bond acceptors (Lipinski definition) is 4. The number of nitro groups is 1. The lowest BCUT2D eigenvalue weighted by atomic mass is 10.3. The van der Waals surface area contributed by atoms with Crippen LogP contribution >= 0.6 is 0 Å². The first-order valence-electron chi connectivity index (χ1n) is 7.03. The van der Waals surface area contributed by atoms with Crippen molar-refractivity contribution in [3.8, 4) is 0 Å². The Morgan fingerprint density at radius 2 is 2.10 bits per heavy atom. The Bertz CT molecular complexity index is 582. The fraction of sp³-hybridized carbons (Fsp3) is 0.615. The van der Waals surface area contributed by atoms with Gasteiger partial charge in [0.1, 0.15) is 5.69 Å². The van der Waals surface area contributed by atoms with E-state index in [1.807, 2.05) is 0 Å². The van der Waals surface area contributed by atoms with Crippen LogP contribution in [0.1, 0.15) is 29.4 Å². The van der Waals surface area contributed by atoms with Crippen LogP contribution in [-0.2, 0) is 0 Å². The average molecular weight is 276 g/mol. The van der Waals surface area contributed by atoms with Gasteiger partial charge in [-0.1, -0.05) is 0 Å². The van der Waals surface area contributed by atoms with Crippen molar-refractivity contribution in [1.29, 1.82) is 0 Å². The number of fused-ring (bicyclic) bond motifs is 1. The molecule has 2 aliphatic carbocycles. The zero-order valence-corrected chi connectivity index (χ0v) is 10.9. The fourth-order valence-electron chi connectivity index (χ4n) is 3.26. The molecule has 2 saturated carbocycles. The molecule has 7 heteroatoms. The molecule has 2 heterocycles. The van der Waals surface area contributed by atoms with Crippen molar-refractivity contribution in [2.75, 3.05) is 13.1 Å². The summed E-state index contributed by atoms with van der Waals surface area (Å²) >= 11 is 0. The topological polar surface area (TPSA) is 89.2 Å². The van der Waals surface area contributed by atoms with E-state index >= 15 is 0 Å². The second-order valence-electron chi connectivity index (χ2n) is 5.96. The lowest BCUT2D eigenvalue weighted by molar-refractivity contribution is -0.384. The molecular weight excluding hydrogens is 260 g/mol. The minimum absolute atomic E-state index is 0.000271. The Balaban J connectivity index is 1.54. The van der Waals surface area contributed by atoms with Gasteiger partial charge in [0.05, 0.1) is 11.1 Å². The van der Waals surface area contributed by atoms with E-state index in [4.69, 9.17) is 0 Å².